The molecular formula is C7H14O4. The first-order valence-electron chi connectivity index (χ1n) is 3.75. The van der Waals surface area contributed by atoms with Gasteiger partial charge < -0.3 is 19.7 Å². The van der Waals surface area contributed by atoms with Crippen molar-refractivity contribution < 1.29 is 19.7 Å². The van der Waals surface area contributed by atoms with Gasteiger partial charge in [-0.2, -0.15) is 0 Å². The molecule has 1 unspecified atom stereocenters. The maximum absolute atomic E-state index is 9.14. The quantitative estimate of drug-likeness (QED) is 0.587. The van der Waals surface area contributed by atoms with Crippen LogP contribution < -0.4 is 0 Å². The lowest BCUT2D eigenvalue weighted by Crippen LogP contribution is -2.29. The van der Waals surface area contributed by atoms with Gasteiger partial charge in [0.2, 0.25) is 0 Å². The van der Waals surface area contributed by atoms with Crippen molar-refractivity contribution in [3.8, 4) is 0 Å². The van der Waals surface area contributed by atoms with Gasteiger partial charge in [-0.15, -0.1) is 0 Å². The molecule has 3 atom stereocenters. The third-order valence-corrected chi connectivity index (χ3v) is 1.89. The van der Waals surface area contributed by atoms with Gasteiger partial charge in [-0.05, 0) is 6.42 Å². The molecule has 1 aliphatic heterocycles. The maximum Gasteiger partial charge on any atom is 0.157 e. The van der Waals surface area contributed by atoms with Crippen molar-refractivity contribution in [1.29, 1.82) is 0 Å². The van der Waals surface area contributed by atoms with Gasteiger partial charge in [-0.25, -0.2) is 0 Å². The zero-order valence-electron chi connectivity index (χ0n) is 6.56. The van der Waals surface area contributed by atoms with Crippen molar-refractivity contribution in [2.24, 2.45) is 0 Å². The first-order valence-corrected chi connectivity index (χ1v) is 3.75. The number of rotatable bonds is 3. The Morgan fingerprint density at radius 1 is 1.64 bits per heavy atom. The second kappa shape index (κ2) is 4.01. The third-order valence-electron chi connectivity index (χ3n) is 1.89. The Morgan fingerprint density at radius 3 is 2.82 bits per heavy atom. The predicted molar refractivity (Wildman–Crippen MR) is 38.0 cm³/mol. The molecule has 0 spiro atoms. The van der Waals surface area contributed by atoms with Crippen LogP contribution in [-0.4, -0.2) is 42.4 Å². The molecule has 0 aromatic heterocycles. The number of aliphatic hydroxyl groups is 2. The van der Waals surface area contributed by atoms with Crippen LogP contribution in [-0.2, 0) is 9.47 Å². The highest BCUT2D eigenvalue weighted by Crippen LogP contribution is 2.22. The summed E-state index contributed by atoms with van der Waals surface area (Å²) in [5.41, 5.74) is 0. The minimum Gasteiger partial charge on any atom is -0.394 e. The van der Waals surface area contributed by atoms with E-state index in [4.69, 9.17) is 19.7 Å². The summed E-state index contributed by atoms with van der Waals surface area (Å²) in [5.74, 6) is 0. The number of ether oxygens (including phenoxy) is 2. The van der Waals surface area contributed by atoms with E-state index in [2.05, 4.69) is 0 Å². The molecule has 0 aromatic rings. The van der Waals surface area contributed by atoms with Crippen LogP contribution in [0.1, 0.15) is 12.8 Å². The van der Waals surface area contributed by atoms with Crippen LogP contribution >= 0.6 is 0 Å². The second-order valence-corrected chi connectivity index (χ2v) is 2.67. The summed E-state index contributed by atoms with van der Waals surface area (Å²) in [5, 5.41) is 17.7. The van der Waals surface area contributed by atoms with Crippen molar-refractivity contribution in [3.63, 3.8) is 0 Å². The molecule has 1 fully saturated rings. The fourth-order valence-corrected chi connectivity index (χ4v) is 1.21. The fourth-order valence-electron chi connectivity index (χ4n) is 1.21. The molecule has 0 aromatic carbocycles. The molecule has 1 saturated heterocycles. The predicted octanol–water partition coefficient (Wildman–Crippen LogP) is -0.509. The summed E-state index contributed by atoms with van der Waals surface area (Å²) in [4.78, 5) is 0. The Labute approximate surface area is 65.7 Å². The molecule has 0 saturated carbocycles. The van der Waals surface area contributed by atoms with Gasteiger partial charge in [0.15, 0.2) is 6.29 Å². The van der Waals surface area contributed by atoms with Crippen molar-refractivity contribution in [2.45, 2.75) is 31.3 Å². The summed E-state index contributed by atoms with van der Waals surface area (Å²) in [6, 6.07) is 0. The highest BCUT2D eigenvalue weighted by atomic mass is 16.7. The molecule has 1 rings (SSSR count). The van der Waals surface area contributed by atoms with Crippen LogP contribution in [0.15, 0.2) is 0 Å². The molecule has 4 heteroatoms. The van der Waals surface area contributed by atoms with E-state index in [1.165, 1.54) is 0 Å². The first kappa shape index (κ1) is 8.93. The topological polar surface area (TPSA) is 58.9 Å². The second-order valence-electron chi connectivity index (χ2n) is 2.67. The van der Waals surface area contributed by atoms with Gasteiger partial charge >= 0.3 is 0 Å². The number of hydrogen-bond acceptors (Lipinski definition) is 4. The fraction of sp³-hybridized carbons (Fsp3) is 1.00. The molecule has 0 bridgehead atoms. The van der Waals surface area contributed by atoms with Crippen LogP contribution in [0.2, 0.25) is 0 Å². The summed E-state index contributed by atoms with van der Waals surface area (Å²) >= 11 is 0. The van der Waals surface area contributed by atoms with Crippen LogP contribution in [0.3, 0.4) is 0 Å². The molecule has 0 aliphatic carbocycles. The van der Waals surface area contributed by atoms with E-state index in [1.54, 1.807) is 7.11 Å². The van der Waals surface area contributed by atoms with E-state index in [0.717, 1.165) is 12.8 Å². The highest BCUT2D eigenvalue weighted by Gasteiger charge is 2.29. The Kier molecular flexibility index (Phi) is 3.26. The van der Waals surface area contributed by atoms with Gasteiger partial charge in [0.05, 0.1) is 12.7 Å². The summed E-state index contributed by atoms with van der Waals surface area (Å²) < 4.78 is 10.2. The molecule has 0 amide bonds. The Bertz CT molecular complexity index is 117. The summed E-state index contributed by atoms with van der Waals surface area (Å²) in [7, 11) is 1.57. The van der Waals surface area contributed by atoms with Crippen LogP contribution in [0.5, 0.6) is 0 Å². The minimum atomic E-state index is -0.768. The summed E-state index contributed by atoms with van der Waals surface area (Å²) in [6.07, 6.45) is 0.305. The van der Waals surface area contributed by atoms with E-state index in [0.29, 0.717) is 0 Å². The zero-order valence-corrected chi connectivity index (χ0v) is 6.56. The maximum atomic E-state index is 9.14. The van der Waals surface area contributed by atoms with Gasteiger partial charge in [-0.1, -0.05) is 0 Å². The Hall–Kier alpha value is -0.160. The molecule has 1 heterocycles. The van der Waals surface area contributed by atoms with Crippen LogP contribution in [0, 0.1) is 0 Å². The van der Waals surface area contributed by atoms with Crippen LogP contribution in [0.25, 0.3) is 0 Å². The molecule has 66 valence electrons. The third kappa shape index (κ3) is 2.13. The van der Waals surface area contributed by atoms with Gasteiger partial charge in [0.25, 0.3) is 0 Å². The Morgan fingerprint density at radius 2 is 2.36 bits per heavy atom. The smallest absolute Gasteiger partial charge is 0.157 e. The van der Waals surface area contributed by atoms with Crippen molar-refractivity contribution in [3.05, 3.63) is 0 Å². The molecule has 0 radical (unpaired) electrons. The lowest BCUT2D eigenvalue weighted by Gasteiger charge is -2.16. The van der Waals surface area contributed by atoms with Crippen molar-refractivity contribution in [1.82, 2.24) is 0 Å². The largest absolute Gasteiger partial charge is 0.394 e. The van der Waals surface area contributed by atoms with Crippen LogP contribution in [0.4, 0.5) is 0 Å². The standard InChI is InChI=1S/C7H14O4/c1-10-7-3-2-6(11-7)5(9)4-8/h5-9H,2-4H2,1H3/t5?,6-,7+/m0/s1. The highest BCUT2D eigenvalue weighted by molar-refractivity contribution is 4.74. The molecule has 11 heavy (non-hydrogen) atoms. The lowest BCUT2D eigenvalue weighted by molar-refractivity contribution is -0.143. The Balaban J connectivity index is 2.29. The first-order chi connectivity index (χ1) is 5.27. The van der Waals surface area contributed by atoms with E-state index >= 15 is 0 Å². The lowest BCUT2D eigenvalue weighted by atomic mass is 10.1. The number of hydrogen-bond donors (Lipinski definition) is 2. The summed E-state index contributed by atoms with van der Waals surface area (Å²) in [6.45, 7) is -0.249. The average molecular weight is 162 g/mol. The SMILES string of the molecule is CO[C@H]1CC[C@@H](C(O)CO)O1. The normalized spacial score (nSPS) is 34.1. The monoisotopic (exact) mass is 162 g/mol. The molecular weight excluding hydrogens is 148 g/mol. The van der Waals surface area contributed by atoms with E-state index in [-0.39, 0.29) is 19.0 Å². The van der Waals surface area contributed by atoms with Gasteiger partial charge in [-0.3, -0.25) is 0 Å². The van der Waals surface area contributed by atoms with E-state index in [1.807, 2.05) is 0 Å². The van der Waals surface area contributed by atoms with Gasteiger partial charge in [0.1, 0.15) is 6.10 Å². The number of aliphatic hydroxyl groups excluding tert-OH is 2. The van der Waals surface area contributed by atoms with Crippen molar-refractivity contribution >= 4 is 0 Å². The zero-order chi connectivity index (χ0) is 8.27. The minimum absolute atomic E-state index is 0.207. The molecule has 4 nitrogen and oxygen atoms in total. The molecule has 1 aliphatic rings. The van der Waals surface area contributed by atoms with E-state index in [9.17, 15) is 0 Å². The number of methoxy groups -OCH3 is 1. The molecule has 2 N–H and O–H groups in total. The average Bonchev–Trinajstić information content (AvgIpc) is 2.50. The van der Waals surface area contributed by atoms with Crippen molar-refractivity contribution in [2.75, 3.05) is 13.7 Å². The van der Waals surface area contributed by atoms with Gasteiger partial charge in [0, 0.05) is 13.5 Å². The van der Waals surface area contributed by atoms with E-state index < -0.39 is 6.10 Å².